The van der Waals surface area contributed by atoms with Gasteiger partial charge in [0.2, 0.25) is 5.78 Å². The van der Waals surface area contributed by atoms with Gasteiger partial charge in [0.1, 0.15) is 22.8 Å². The van der Waals surface area contributed by atoms with E-state index in [1.807, 2.05) is 13.8 Å². The number of nitrogens with zero attached hydrogens (tertiary/aromatic N) is 2. The number of likely N-dealkylation sites (N-methyl/N-ethyl adjacent to an activating group) is 1. The number of allylic oxidation sites excluding steroid dienone is 1. The van der Waals surface area contributed by atoms with E-state index in [9.17, 15) is 34.8 Å². The average molecular weight is 530 g/mol. The first-order chi connectivity index (χ1) is 17.7. The molecule has 11 heteroatoms. The zero-order valence-corrected chi connectivity index (χ0v) is 22.4. The molecule has 0 aromatic heterocycles. The maximum Gasteiger partial charge on any atom is 0.255 e. The zero-order valence-electron chi connectivity index (χ0n) is 22.4. The molecule has 0 bridgehead atoms. The van der Waals surface area contributed by atoms with Crippen molar-refractivity contribution in [1.82, 2.24) is 9.96 Å². The van der Waals surface area contributed by atoms with Gasteiger partial charge < -0.3 is 31.0 Å². The summed E-state index contributed by atoms with van der Waals surface area (Å²) in [6, 6.07) is 2.11. The minimum Gasteiger partial charge on any atom is -0.510 e. The van der Waals surface area contributed by atoms with Crippen LogP contribution in [-0.2, 0) is 26.4 Å². The van der Waals surface area contributed by atoms with Crippen molar-refractivity contribution in [2.45, 2.75) is 50.3 Å². The number of benzene rings is 1. The molecule has 0 heterocycles. The fraction of sp³-hybridized carbons (Fsp3) is 0.519. The molecular weight excluding hydrogens is 494 g/mol. The van der Waals surface area contributed by atoms with Crippen molar-refractivity contribution in [2.24, 2.45) is 17.6 Å². The molecule has 1 amide bonds. The molecule has 38 heavy (non-hydrogen) atoms. The van der Waals surface area contributed by atoms with Gasteiger partial charge in [0, 0.05) is 18.5 Å². The summed E-state index contributed by atoms with van der Waals surface area (Å²) in [4.78, 5) is 46.4. The first-order valence-electron chi connectivity index (χ1n) is 12.5. The Morgan fingerprint density at radius 1 is 1.21 bits per heavy atom. The van der Waals surface area contributed by atoms with Gasteiger partial charge in [0.05, 0.1) is 24.3 Å². The molecule has 1 aromatic rings. The molecule has 0 saturated carbocycles. The molecule has 6 N–H and O–H groups in total. The van der Waals surface area contributed by atoms with Crippen molar-refractivity contribution in [3.63, 3.8) is 0 Å². The van der Waals surface area contributed by atoms with Crippen LogP contribution in [0.5, 0.6) is 5.75 Å². The van der Waals surface area contributed by atoms with Crippen molar-refractivity contribution in [1.29, 1.82) is 0 Å². The van der Waals surface area contributed by atoms with E-state index >= 15 is 0 Å². The molecule has 0 fully saturated rings. The third-order valence-electron chi connectivity index (χ3n) is 8.84. The Hall–Kier alpha value is -3.25. The topological polar surface area (TPSA) is 174 Å². The molecule has 0 spiro atoms. The van der Waals surface area contributed by atoms with Crippen molar-refractivity contribution < 1.29 is 39.6 Å². The maximum atomic E-state index is 13.9. The Morgan fingerprint density at radius 2 is 1.84 bits per heavy atom. The highest BCUT2D eigenvalue weighted by molar-refractivity contribution is 6.24. The van der Waals surface area contributed by atoms with Gasteiger partial charge in [-0.15, -0.1) is 0 Å². The highest BCUT2D eigenvalue weighted by Crippen LogP contribution is 2.53. The number of aliphatic hydroxyl groups is 3. The van der Waals surface area contributed by atoms with E-state index in [4.69, 9.17) is 10.6 Å². The number of amides is 1. The Morgan fingerprint density at radius 3 is 2.37 bits per heavy atom. The molecule has 3 aliphatic rings. The predicted octanol–water partition coefficient (Wildman–Crippen LogP) is 1.24. The lowest BCUT2D eigenvalue weighted by molar-refractivity contribution is -0.183. The van der Waals surface area contributed by atoms with Crippen LogP contribution in [0.2, 0.25) is 0 Å². The molecule has 0 aliphatic heterocycles. The van der Waals surface area contributed by atoms with Crippen LogP contribution in [-0.4, -0.2) is 87.8 Å². The van der Waals surface area contributed by atoms with Crippen molar-refractivity contribution >= 4 is 17.5 Å². The normalized spacial score (nSPS) is 28.8. The second-order valence-electron chi connectivity index (χ2n) is 10.8. The number of Topliss-reactive ketones (excluding diaryl/α,β-unsaturated/α-hetero) is 2. The van der Waals surface area contributed by atoms with E-state index in [1.165, 1.54) is 18.1 Å². The predicted molar refractivity (Wildman–Crippen MR) is 136 cm³/mol. The smallest absolute Gasteiger partial charge is 0.255 e. The summed E-state index contributed by atoms with van der Waals surface area (Å²) >= 11 is 0. The molecule has 3 aliphatic carbocycles. The lowest BCUT2D eigenvalue weighted by atomic mass is 9.58. The van der Waals surface area contributed by atoms with Gasteiger partial charge in [-0.2, -0.15) is 5.06 Å². The summed E-state index contributed by atoms with van der Waals surface area (Å²) in [7, 11) is 6.49. The number of aromatic hydroxyl groups is 1. The third-order valence-corrected chi connectivity index (χ3v) is 8.84. The summed E-state index contributed by atoms with van der Waals surface area (Å²) < 4.78 is 0. The number of phenols is 1. The number of fused-ring (bicyclic) bond motifs is 3. The monoisotopic (exact) mass is 529 g/mol. The molecule has 4 rings (SSSR count). The summed E-state index contributed by atoms with van der Waals surface area (Å²) in [6.45, 7) is 3.92. The number of carbonyl (C=O) groups is 3. The van der Waals surface area contributed by atoms with Gasteiger partial charge in [0.15, 0.2) is 11.4 Å². The summed E-state index contributed by atoms with van der Waals surface area (Å²) in [5.74, 6) is -6.72. The number of primary amides is 1. The van der Waals surface area contributed by atoms with Crippen LogP contribution in [0.15, 0.2) is 34.8 Å². The highest BCUT2D eigenvalue weighted by Gasteiger charge is 2.63. The van der Waals surface area contributed by atoms with Crippen LogP contribution >= 0.6 is 0 Å². The number of aliphatic hydroxyl groups excluding tert-OH is 2. The van der Waals surface area contributed by atoms with Crippen molar-refractivity contribution in [3.8, 4) is 5.75 Å². The number of hydrogen-bond acceptors (Lipinski definition) is 10. The number of hydroxylamine groups is 2. The lowest BCUT2D eigenvalue weighted by Gasteiger charge is -2.50. The van der Waals surface area contributed by atoms with Crippen LogP contribution in [0, 0.1) is 11.8 Å². The minimum atomic E-state index is -2.66. The molecule has 206 valence electrons. The van der Waals surface area contributed by atoms with Crippen LogP contribution in [0.25, 0.3) is 0 Å². The SMILES string of the molecule is CCC(C)(c1ccc(O)c2c1C[C@H]1C[C@H]3[C@H](N(C)C)C(O)=C(C(N)=O)C(=O)[C@@]3(O)C(O)=C1C2=O)N(C)OC. The second-order valence-corrected chi connectivity index (χ2v) is 10.8. The summed E-state index contributed by atoms with van der Waals surface area (Å²) in [6.07, 6.45) is 0.852. The van der Waals surface area contributed by atoms with Crippen LogP contribution in [0.4, 0.5) is 0 Å². The first kappa shape index (κ1) is 27.8. The van der Waals surface area contributed by atoms with E-state index in [0.29, 0.717) is 12.0 Å². The second kappa shape index (κ2) is 9.19. The van der Waals surface area contributed by atoms with Gasteiger partial charge in [0.25, 0.3) is 5.91 Å². The molecule has 1 unspecified atom stereocenters. The zero-order chi connectivity index (χ0) is 28.5. The number of phenolic OH excluding ortho intramolecular Hbond substituents is 1. The van der Waals surface area contributed by atoms with Gasteiger partial charge in [-0.3, -0.25) is 19.3 Å². The molecular formula is C27H35N3O8. The first-order valence-corrected chi connectivity index (χ1v) is 12.5. The van der Waals surface area contributed by atoms with E-state index in [0.717, 1.165) is 5.56 Å². The Kier molecular flexibility index (Phi) is 6.72. The lowest BCUT2D eigenvalue weighted by Crippen LogP contribution is -2.63. The average Bonchev–Trinajstić information content (AvgIpc) is 2.84. The quantitative estimate of drug-likeness (QED) is 0.266. The summed E-state index contributed by atoms with van der Waals surface area (Å²) in [5, 5.41) is 46.4. The van der Waals surface area contributed by atoms with Crippen LogP contribution < -0.4 is 5.73 Å². The molecule has 0 radical (unpaired) electrons. The van der Waals surface area contributed by atoms with Gasteiger partial charge in [-0.25, -0.2) is 0 Å². The van der Waals surface area contributed by atoms with E-state index in [2.05, 4.69) is 0 Å². The Bertz CT molecular complexity index is 1300. The van der Waals surface area contributed by atoms with Crippen LogP contribution in [0.1, 0.15) is 48.2 Å². The molecule has 0 saturated heterocycles. The maximum absolute atomic E-state index is 13.9. The van der Waals surface area contributed by atoms with Gasteiger partial charge >= 0.3 is 0 Å². The van der Waals surface area contributed by atoms with E-state index in [-0.39, 0.29) is 29.7 Å². The van der Waals surface area contributed by atoms with Gasteiger partial charge in [-0.05, 0) is 63.4 Å². The van der Waals surface area contributed by atoms with Crippen LogP contribution in [0.3, 0.4) is 0 Å². The van der Waals surface area contributed by atoms with E-state index in [1.54, 1.807) is 32.3 Å². The molecule has 11 nitrogen and oxygen atoms in total. The Balaban J connectivity index is 1.97. The number of rotatable bonds is 6. The minimum absolute atomic E-state index is 0.0209. The van der Waals surface area contributed by atoms with Crippen molar-refractivity contribution in [3.05, 3.63) is 51.5 Å². The standard InChI is InChI=1S/C27H35N3O8/c1-7-26(2,30(5)38-6)14-8-9-16(31)18-13(14)10-12-11-15-20(29(3)4)22(33)19(25(28)36)24(35)27(15,37)23(34)17(12)21(18)32/h8-9,12,15,20,31,33-34,37H,7,10-11H2,1-6H3,(H2,28,36)/t12-,15-,20-,26?,27-/m0/s1. The third kappa shape index (κ3) is 3.53. The molecule has 5 atom stereocenters. The highest BCUT2D eigenvalue weighted by atomic mass is 16.7. The number of ketones is 2. The van der Waals surface area contributed by atoms with E-state index < -0.39 is 63.6 Å². The number of carbonyl (C=O) groups excluding carboxylic acids is 3. The largest absolute Gasteiger partial charge is 0.510 e. The Labute approximate surface area is 220 Å². The van der Waals surface area contributed by atoms with Crippen molar-refractivity contribution in [2.75, 3.05) is 28.3 Å². The summed E-state index contributed by atoms with van der Waals surface area (Å²) in [5.41, 5.74) is 2.34. The fourth-order valence-electron chi connectivity index (χ4n) is 6.54. The molecule has 1 aromatic carbocycles. The van der Waals surface area contributed by atoms with Gasteiger partial charge in [-0.1, -0.05) is 13.0 Å². The number of nitrogens with two attached hydrogens (primary N) is 1. The number of hydrogen-bond donors (Lipinski definition) is 5. The fourth-order valence-corrected chi connectivity index (χ4v) is 6.54.